The molecule has 0 radical (unpaired) electrons. The lowest BCUT2D eigenvalue weighted by atomic mass is 9.73. The zero-order valence-corrected chi connectivity index (χ0v) is 14.9. The van der Waals surface area contributed by atoms with E-state index in [0.717, 1.165) is 17.7 Å². The Morgan fingerprint density at radius 3 is 2.52 bits per heavy atom. The van der Waals surface area contributed by atoms with Crippen molar-refractivity contribution in [1.29, 1.82) is 0 Å². The fraction of sp³-hybridized carbons (Fsp3) is 0.579. The molecule has 0 saturated carbocycles. The third-order valence-electron chi connectivity index (χ3n) is 5.76. The average molecular weight is 346 g/mol. The molecule has 0 aliphatic carbocycles. The number of carbonyl (C=O) groups excluding carboxylic acids is 2. The van der Waals surface area contributed by atoms with Crippen LogP contribution in [0, 0.1) is 11.3 Å². The third-order valence-corrected chi connectivity index (χ3v) is 5.76. The lowest BCUT2D eigenvalue weighted by Crippen LogP contribution is -2.50. The lowest BCUT2D eigenvalue weighted by Gasteiger charge is -2.41. The van der Waals surface area contributed by atoms with Gasteiger partial charge in [0.25, 0.3) is 0 Å². The van der Waals surface area contributed by atoms with E-state index < -0.39 is 0 Å². The molecule has 0 aromatic heterocycles. The molecule has 6 nitrogen and oxygen atoms in total. The van der Waals surface area contributed by atoms with Gasteiger partial charge in [0.05, 0.1) is 20.1 Å². The number of methoxy groups -OCH3 is 1. The Morgan fingerprint density at radius 1 is 1.24 bits per heavy atom. The minimum atomic E-state index is -0.262. The van der Waals surface area contributed by atoms with Crippen molar-refractivity contribution in [3.63, 3.8) is 0 Å². The number of likely N-dealkylation sites (tertiary alicyclic amines) is 2. The van der Waals surface area contributed by atoms with E-state index >= 15 is 0 Å². The summed E-state index contributed by atoms with van der Waals surface area (Å²) in [5, 5.41) is 9.97. The Morgan fingerprint density at radius 2 is 1.92 bits per heavy atom. The summed E-state index contributed by atoms with van der Waals surface area (Å²) in [6.45, 7) is 4.12. The molecule has 2 amide bonds. The van der Waals surface area contributed by atoms with E-state index in [-0.39, 0.29) is 29.8 Å². The number of piperidine rings is 1. The van der Waals surface area contributed by atoms with Crippen LogP contribution in [0.3, 0.4) is 0 Å². The first-order chi connectivity index (χ1) is 12.0. The molecule has 0 unspecified atom stereocenters. The maximum Gasteiger partial charge on any atom is 0.227 e. The van der Waals surface area contributed by atoms with Gasteiger partial charge in [-0.05, 0) is 24.1 Å². The Balaban J connectivity index is 1.67. The quantitative estimate of drug-likeness (QED) is 0.880. The highest BCUT2D eigenvalue weighted by molar-refractivity contribution is 5.79. The zero-order valence-electron chi connectivity index (χ0n) is 14.9. The second-order valence-corrected chi connectivity index (χ2v) is 7.23. The van der Waals surface area contributed by atoms with Crippen LogP contribution in [0.25, 0.3) is 0 Å². The summed E-state index contributed by atoms with van der Waals surface area (Å²) in [7, 11) is 1.62. The molecule has 3 rings (SSSR count). The number of hydrogen-bond donors (Lipinski definition) is 1. The van der Waals surface area contributed by atoms with Crippen molar-refractivity contribution >= 4 is 11.8 Å². The van der Waals surface area contributed by atoms with Crippen LogP contribution in [0.15, 0.2) is 24.3 Å². The number of nitrogens with zero attached hydrogens (tertiary/aromatic N) is 2. The molecule has 1 aromatic carbocycles. The van der Waals surface area contributed by atoms with Crippen molar-refractivity contribution in [2.75, 3.05) is 39.9 Å². The monoisotopic (exact) mass is 346 g/mol. The van der Waals surface area contributed by atoms with E-state index in [4.69, 9.17) is 4.74 Å². The van der Waals surface area contributed by atoms with Gasteiger partial charge in [-0.15, -0.1) is 0 Å². The van der Waals surface area contributed by atoms with Crippen LogP contribution in [0.1, 0.15) is 18.9 Å². The van der Waals surface area contributed by atoms with E-state index in [9.17, 15) is 14.7 Å². The molecule has 0 bridgehead atoms. The van der Waals surface area contributed by atoms with Gasteiger partial charge >= 0.3 is 0 Å². The lowest BCUT2D eigenvalue weighted by molar-refractivity contribution is -0.133. The molecule has 2 saturated heterocycles. The minimum absolute atomic E-state index is 0.0644. The first-order valence-electron chi connectivity index (χ1n) is 8.74. The molecule has 2 aliphatic heterocycles. The van der Waals surface area contributed by atoms with Crippen molar-refractivity contribution in [2.45, 2.75) is 19.8 Å². The number of hydrogen-bond acceptors (Lipinski definition) is 4. The SMILES string of the molecule is COc1ccc(CC(=O)N2C[C@H]3CN(C(C)=O)CC[C@@]3(CO)C2)cc1. The van der Waals surface area contributed by atoms with E-state index in [1.807, 2.05) is 34.1 Å². The molecule has 2 atom stereocenters. The summed E-state index contributed by atoms with van der Waals surface area (Å²) in [4.78, 5) is 28.1. The van der Waals surface area contributed by atoms with E-state index in [2.05, 4.69) is 0 Å². The fourth-order valence-electron chi connectivity index (χ4n) is 4.05. The highest BCUT2D eigenvalue weighted by atomic mass is 16.5. The average Bonchev–Trinajstić information content (AvgIpc) is 3.01. The number of benzene rings is 1. The standard InChI is InChI=1S/C19H26N2O4/c1-14(23)20-8-7-19(13-22)12-21(11-16(19)10-20)18(24)9-15-3-5-17(25-2)6-4-15/h3-6,16,22H,7-13H2,1-2H3/t16-,19+/m1/s1. The molecule has 6 heteroatoms. The van der Waals surface area contributed by atoms with Crippen molar-refractivity contribution in [3.05, 3.63) is 29.8 Å². The Kier molecular flexibility index (Phi) is 4.99. The van der Waals surface area contributed by atoms with Crippen LogP contribution < -0.4 is 4.74 Å². The number of carbonyl (C=O) groups is 2. The van der Waals surface area contributed by atoms with Gasteiger partial charge in [0, 0.05) is 44.4 Å². The summed E-state index contributed by atoms with van der Waals surface area (Å²) >= 11 is 0. The Labute approximate surface area is 148 Å². The van der Waals surface area contributed by atoms with Crippen LogP contribution in [0.4, 0.5) is 0 Å². The van der Waals surface area contributed by atoms with Crippen molar-refractivity contribution in [3.8, 4) is 5.75 Å². The van der Waals surface area contributed by atoms with Gasteiger partial charge in [0.1, 0.15) is 5.75 Å². The maximum absolute atomic E-state index is 12.7. The molecule has 136 valence electrons. The van der Waals surface area contributed by atoms with Gasteiger partial charge in [-0.25, -0.2) is 0 Å². The van der Waals surface area contributed by atoms with Gasteiger partial charge in [-0.2, -0.15) is 0 Å². The van der Waals surface area contributed by atoms with E-state index in [1.165, 1.54) is 0 Å². The third kappa shape index (κ3) is 3.49. The minimum Gasteiger partial charge on any atom is -0.497 e. The Hall–Kier alpha value is -2.08. The molecule has 1 aromatic rings. The summed E-state index contributed by atoms with van der Waals surface area (Å²) in [5.41, 5.74) is 0.686. The second kappa shape index (κ2) is 7.04. The topological polar surface area (TPSA) is 70.1 Å². The predicted octanol–water partition coefficient (Wildman–Crippen LogP) is 0.927. The number of rotatable bonds is 4. The van der Waals surface area contributed by atoms with Crippen LogP contribution in [0.2, 0.25) is 0 Å². The molecule has 25 heavy (non-hydrogen) atoms. The zero-order chi connectivity index (χ0) is 18.0. The van der Waals surface area contributed by atoms with Gasteiger partial charge in [-0.1, -0.05) is 12.1 Å². The van der Waals surface area contributed by atoms with Gasteiger partial charge in [-0.3, -0.25) is 9.59 Å². The number of aliphatic hydroxyl groups excluding tert-OH is 1. The van der Waals surface area contributed by atoms with Crippen molar-refractivity contribution in [2.24, 2.45) is 11.3 Å². The summed E-state index contributed by atoms with van der Waals surface area (Å²) in [6.07, 6.45) is 1.09. The van der Waals surface area contributed by atoms with Gasteiger partial charge < -0.3 is 19.6 Å². The highest BCUT2D eigenvalue weighted by Crippen LogP contribution is 2.42. The number of aliphatic hydroxyl groups is 1. The van der Waals surface area contributed by atoms with E-state index in [0.29, 0.717) is 32.6 Å². The fourth-order valence-corrected chi connectivity index (χ4v) is 4.05. The number of ether oxygens (including phenoxy) is 1. The second-order valence-electron chi connectivity index (χ2n) is 7.23. The number of fused-ring (bicyclic) bond motifs is 1. The van der Waals surface area contributed by atoms with E-state index in [1.54, 1.807) is 14.0 Å². The largest absolute Gasteiger partial charge is 0.497 e. The van der Waals surface area contributed by atoms with Gasteiger partial charge in [0.2, 0.25) is 11.8 Å². The summed E-state index contributed by atoms with van der Waals surface area (Å²) in [6, 6.07) is 7.51. The van der Waals surface area contributed by atoms with Crippen LogP contribution in [0.5, 0.6) is 5.75 Å². The molecule has 2 aliphatic rings. The first-order valence-corrected chi connectivity index (χ1v) is 8.74. The highest BCUT2D eigenvalue weighted by Gasteiger charge is 2.50. The predicted molar refractivity (Wildman–Crippen MR) is 93.2 cm³/mol. The molecule has 2 fully saturated rings. The molecule has 1 N–H and O–H groups in total. The molecular weight excluding hydrogens is 320 g/mol. The van der Waals surface area contributed by atoms with Crippen molar-refractivity contribution < 1.29 is 19.4 Å². The smallest absolute Gasteiger partial charge is 0.227 e. The van der Waals surface area contributed by atoms with Gasteiger partial charge in [0.15, 0.2) is 0 Å². The molecule has 2 heterocycles. The van der Waals surface area contributed by atoms with Crippen LogP contribution >= 0.6 is 0 Å². The summed E-state index contributed by atoms with van der Waals surface area (Å²) in [5.74, 6) is 1.05. The van der Waals surface area contributed by atoms with Crippen molar-refractivity contribution in [1.82, 2.24) is 9.80 Å². The first kappa shape index (κ1) is 17.7. The van der Waals surface area contributed by atoms with Crippen LogP contribution in [-0.2, 0) is 16.0 Å². The van der Waals surface area contributed by atoms with Crippen LogP contribution in [-0.4, -0.2) is 66.6 Å². The normalized spacial score (nSPS) is 25.6. The molecule has 0 spiro atoms. The Bertz CT molecular complexity index is 645. The summed E-state index contributed by atoms with van der Waals surface area (Å²) < 4.78 is 5.14. The maximum atomic E-state index is 12.7. The molecular formula is C19H26N2O4. The number of amides is 2.